The summed E-state index contributed by atoms with van der Waals surface area (Å²) in [6.07, 6.45) is 1.59. The van der Waals surface area contributed by atoms with Crippen LogP contribution >= 0.6 is 0 Å². The molecule has 0 spiro atoms. The van der Waals surface area contributed by atoms with Crippen molar-refractivity contribution < 1.29 is 9.59 Å². The van der Waals surface area contributed by atoms with Crippen LogP contribution in [-0.4, -0.2) is 16.8 Å². The van der Waals surface area contributed by atoms with Gasteiger partial charge in [-0.1, -0.05) is 24.3 Å². The lowest BCUT2D eigenvalue weighted by atomic mass is 9.94. The molecule has 2 heterocycles. The number of nitrogens with two attached hydrogens (primary N) is 2. The van der Waals surface area contributed by atoms with Crippen molar-refractivity contribution in [2.24, 2.45) is 11.5 Å². The molecule has 2 amide bonds. The molecule has 1 aliphatic heterocycles. The molecule has 2 aromatic rings. The van der Waals surface area contributed by atoms with Crippen LogP contribution in [-0.2, 0) is 9.59 Å². The maximum absolute atomic E-state index is 11.9. The van der Waals surface area contributed by atoms with E-state index in [1.165, 1.54) is 0 Å². The van der Waals surface area contributed by atoms with Crippen molar-refractivity contribution in [3.05, 3.63) is 60.3 Å². The average Bonchev–Trinajstić information content (AvgIpc) is 2.83. The molecule has 1 aliphatic rings. The lowest BCUT2D eigenvalue weighted by molar-refractivity contribution is -0.122. The fourth-order valence-corrected chi connectivity index (χ4v) is 2.59. The molecule has 0 fully saturated rings. The Morgan fingerprint density at radius 2 is 1.76 bits per heavy atom. The molecule has 1 radical (unpaired) electrons. The fourth-order valence-electron chi connectivity index (χ4n) is 2.59. The van der Waals surface area contributed by atoms with Gasteiger partial charge in [0.1, 0.15) is 11.7 Å². The summed E-state index contributed by atoms with van der Waals surface area (Å²) in [6.45, 7) is 0. The number of primary amides is 2. The van der Waals surface area contributed by atoms with E-state index in [2.05, 4.69) is 4.98 Å². The number of fused-ring (bicyclic) bond motifs is 1. The Labute approximate surface area is 121 Å². The molecular formula is C15H13N4O2. The average molecular weight is 281 g/mol. The monoisotopic (exact) mass is 281 g/mol. The summed E-state index contributed by atoms with van der Waals surface area (Å²) in [4.78, 5) is 29.5. The highest BCUT2D eigenvalue weighted by Gasteiger charge is 2.47. The SMILES string of the molecule is NC(=O)[C]1C(C(N)=O)c2cccnc2N1c1ccccc1. The van der Waals surface area contributed by atoms with Crippen molar-refractivity contribution in [3.63, 3.8) is 0 Å². The van der Waals surface area contributed by atoms with E-state index in [1.807, 2.05) is 30.3 Å². The van der Waals surface area contributed by atoms with Gasteiger partial charge in [0.25, 0.3) is 0 Å². The van der Waals surface area contributed by atoms with Gasteiger partial charge in [-0.05, 0) is 18.2 Å². The van der Waals surface area contributed by atoms with Crippen LogP contribution in [0.4, 0.5) is 11.5 Å². The predicted octanol–water partition coefficient (Wildman–Crippen LogP) is 0.819. The van der Waals surface area contributed by atoms with Crippen LogP contribution in [0, 0.1) is 6.04 Å². The van der Waals surface area contributed by atoms with Crippen LogP contribution < -0.4 is 16.4 Å². The molecule has 1 aromatic heterocycles. The molecule has 1 unspecified atom stereocenters. The third-order valence-electron chi connectivity index (χ3n) is 3.41. The van der Waals surface area contributed by atoms with Crippen molar-refractivity contribution in [1.82, 2.24) is 4.98 Å². The van der Waals surface area contributed by atoms with Gasteiger partial charge in [0, 0.05) is 17.4 Å². The van der Waals surface area contributed by atoms with Gasteiger partial charge in [0.05, 0.1) is 0 Å². The fraction of sp³-hybridized carbons (Fsp3) is 0.0667. The predicted molar refractivity (Wildman–Crippen MR) is 77.2 cm³/mol. The number of carbonyl (C=O) groups excluding carboxylic acids is 2. The summed E-state index contributed by atoms with van der Waals surface area (Å²) in [7, 11) is 0. The van der Waals surface area contributed by atoms with Gasteiger partial charge in [-0.25, -0.2) is 4.98 Å². The first kappa shape index (κ1) is 13.1. The highest BCUT2D eigenvalue weighted by molar-refractivity contribution is 6.06. The van der Waals surface area contributed by atoms with Crippen LogP contribution in [0.3, 0.4) is 0 Å². The number of benzene rings is 1. The van der Waals surface area contributed by atoms with E-state index in [0.717, 1.165) is 0 Å². The largest absolute Gasteiger partial charge is 0.369 e. The molecule has 6 nitrogen and oxygen atoms in total. The molecule has 0 bridgehead atoms. The summed E-state index contributed by atoms with van der Waals surface area (Å²) >= 11 is 0. The second-order valence-corrected chi connectivity index (χ2v) is 4.67. The molecule has 0 saturated heterocycles. The number of nitrogens with zero attached hydrogens (tertiary/aromatic N) is 2. The number of para-hydroxylation sites is 1. The van der Waals surface area contributed by atoms with Crippen molar-refractivity contribution in [2.75, 3.05) is 4.90 Å². The Balaban J connectivity index is 2.22. The number of hydrogen-bond donors (Lipinski definition) is 2. The van der Waals surface area contributed by atoms with Crippen LogP contribution in [0.1, 0.15) is 11.5 Å². The van der Waals surface area contributed by atoms with Gasteiger partial charge in [0.2, 0.25) is 11.8 Å². The van der Waals surface area contributed by atoms with Crippen molar-refractivity contribution in [1.29, 1.82) is 0 Å². The lowest BCUT2D eigenvalue weighted by Crippen LogP contribution is -2.39. The molecule has 6 heteroatoms. The molecule has 21 heavy (non-hydrogen) atoms. The number of hydrogen-bond acceptors (Lipinski definition) is 4. The minimum atomic E-state index is -0.883. The van der Waals surface area contributed by atoms with E-state index in [9.17, 15) is 9.59 Å². The summed E-state index contributed by atoms with van der Waals surface area (Å²) in [5, 5.41) is 0. The van der Waals surface area contributed by atoms with Gasteiger partial charge in [0.15, 0.2) is 6.04 Å². The first-order valence-corrected chi connectivity index (χ1v) is 6.37. The lowest BCUT2D eigenvalue weighted by Gasteiger charge is -2.25. The zero-order valence-corrected chi connectivity index (χ0v) is 11.1. The van der Waals surface area contributed by atoms with E-state index in [1.54, 1.807) is 23.2 Å². The Hall–Kier alpha value is -2.89. The van der Waals surface area contributed by atoms with Gasteiger partial charge >= 0.3 is 0 Å². The highest BCUT2D eigenvalue weighted by Crippen LogP contribution is 2.47. The topological polar surface area (TPSA) is 102 Å². The normalized spacial score (nSPS) is 17.5. The van der Waals surface area contributed by atoms with Gasteiger partial charge in [-0.2, -0.15) is 0 Å². The smallest absolute Gasteiger partial charge is 0.248 e. The number of carbonyl (C=O) groups is 2. The minimum Gasteiger partial charge on any atom is -0.369 e. The molecule has 4 N–H and O–H groups in total. The summed E-state index contributed by atoms with van der Waals surface area (Å²) in [6, 6.07) is 12.7. The van der Waals surface area contributed by atoms with E-state index in [-0.39, 0.29) is 6.04 Å². The quantitative estimate of drug-likeness (QED) is 0.869. The van der Waals surface area contributed by atoms with Crippen LogP contribution in [0.2, 0.25) is 0 Å². The maximum atomic E-state index is 11.9. The molecule has 1 atom stereocenters. The molecule has 105 valence electrons. The Morgan fingerprint density at radius 1 is 1.05 bits per heavy atom. The molecule has 3 rings (SSSR count). The van der Waals surface area contributed by atoms with Gasteiger partial charge in [-0.15, -0.1) is 0 Å². The van der Waals surface area contributed by atoms with Gasteiger partial charge in [-0.3, -0.25) is 9.59 Å². The number of pyridine rings is 1. The Morgan fingerprint density at radius 3 is 2.38 bits per heavy atom. The van der Waals surface area contributed by atoms with E-state index in [4.69, 9.17) is 11.5 Å². The standard InChI is InChI=1S/C15H13N4O2/c16-13(20)11-10-7-4-8-18-15(10)19(12(11)14(17)21)9-5-2-1-3-6-9/h1-8,11H,(H2,16,20)(H2,17,21). The number of rotatable bonds is 3. The second kappa shape index (κ2) is 4.90. The molecule has 0 saturated carbocycles. The number of aromatic nitrogens is 1. The second-order valence-electron chi connectivity index (χ2n) is 4.67. The maximum Gasteiger partial charge on any atom is 0.248 e. The Kier molecular flexibility index (Phi) is 3.06. The van der Waals surface area contributed by atoms with Crippen LogP contribution in [0.25, 0.3) is 0 Å². The first-order chi connectivity index (χ1) is 10.1. The van der Waals surface area contributed by atoms with E-state index >= 15 is 0 Å². The molecule has 0 aliphatic carbocycles. The minimum absolute atomic E-state index is 0.127. The third-order valence-corrected chi connectivity index (χ3v) is 3.41. The van der Waals surface area contributed by atoms with Crippen LogP contribution in [0.15, 0.2) is 48.7 Å². The molecule has 1 aromatic carbocycles. The zero-order valence-electron chi connectivity index (χ0n) is 11.1. The Bertz CT molecular complexity index is 702. The van der Waals surface area contributed by atoms with Crippen molar-refractivity contribution in [3.8, 4) is 0 Å². The van der Waals surface area contributed by atoms with E-state index < -0.39 is 17.7 Å². The van der Waals surface area contributed by atoms with Crippen molar-refractivity contribution >= 4 is 23.3 Å². The third kappa shape index (κ3) is 2.01. The number of amides is 2. The highest BCUT2D eigenvalue weighted by atomic mass is 16.2. The molecular weight excluding hydrogens is 268 g/mol. The first-order valence-electron chi connectivity index (χ1n) is 6.37. The van der Waals surface area contributed by atoms with Crippen molar-refractivity contribution in [2.45, 2.75) is 5.92 Å². The van der Waals surface area contributed by atoms with Gasteiger partial charge < -0.3 is 16.4 Å². The van der Waals surface area contributed by atoms with Crippen LogP contribution in [0.5, 0.6) is 0 Å². The van der Waals surface area contributed by atoms with E-state index in [0.29, 0.717) is 17.1 Å². The summed E-state index contributed by atoms with van der Waals surface area (Å²) in [5.74, 6) is -1.70. The zero-order chi connectivity index (χ0) is 15.0. The summed E-state index contributed by atoms with van der Waals surface area (Å²) in [5.41, 5.74) is 12.2. The summed E-state index contributed by atoms with van der Waals surface area (Å²) < 4.78 is 0. The number of anilines is 2.